The van der Waals surface area contributed by atoms with E-state index in [-0.39, 0.29) is 4.32 Å². The van der Waals surface area contributed by atoms with Gasteiger partial charge < -0.3 is 9.52 Å². The van der Waals surface area contributed by atoms with Gasteiger partial charge in [0.1, 0.15) is 22.1 Å². The second-order valence-corrected chi connectivity index (χ2v) is 8.70. The van der Waals surface area contributed by atoms with E-state index in [2.05, 4.69) is 0 Å². The number of amides is 1. The highest BCUT2D eigenvalue weighted by Gasteiger charge is 2.33. The van der Waals surface area contributed by atoms with Crippen LogP contribution in [0.2, 0.25) is 0 Å². The number of carboxylic acids is 1. The Balaban J connectivity index is 1.62. The average molecular weight is 462 g/mol. The van der Waals surface area contributed by atoms with Crippen LogP contribution < -0.4 is 0 Å². The van der Waals surface area contributed by atoms with Gasteiger partial charge >= 0.3 is 5.97 Å². The normalized spacial score (nSPS) is 15.2. The minimum absolute atomic E-state index is 0.212. The Morgan fingerprint density at radius 2 is 1.91 bits per heavy atom. The molecule has 1 aliphatic rings. The van der Waals surface area contributed by atoms with Gasteiger partial charge in [0.2, 0.25) is 0 Å². The topological polar surface area (TPSA) is 88.6 Å². The lowest BCUT2D eigenvalue weighted by atomic mass is 10.1. The van der Waals surface area contributed by atoms with E-state index >= 15 is 0 Å². The van der Waals surface area contributed by atoms with Crippen molar-refractivity contribution >= 4 is 57.2 Å². The van der Waals surface area contributed by atoms with Gasteiger partial charge in [0, 0.05) is 17.1 Å². The number of para-hydroxylation sites is 2. The fourth-order valence-corrected chi connectivity index (χ4v) is 4.65. The predicted octanol–water partition coefficient (Wildman–Crippen LogP) is 4.57. The molecule has 0 atom stereocenters. The summed E-state index contributed by atoms with van der Waals surface area (Å²) in [6, 6.07) is 19.1. The number of thioether (sulfide) groups is 1. The maximum Gasteiger partial charge on any atom is 0.323 e. The third-order valence-corrected chi connectivity index (χ3v) is 6.25. The number of aromatic nitrogens is 2. The van der Waals surface area contributed by atoms with Crippen molar-refractivity contribution in [3.05, 3.63) is 77.3 Å². The summed E-state index contributed by atoms with van der Waals surface area (Å²) >= 11 is 6.28. The van der Waals surface area contributed by atoms with Gasteiger partial charge in [0.15, 0.2) is 5.76 Å². The molecule has 1 N–H and O–H groups in total. The SMILES string of the molecule is O=C(O)CN1C(=O)/C(=C\c2cn(-c3ccccc3)nc2-c2cc3ccccc3o2)SC1=S. The van der Waals surface area contributed by atoms with E-state index in [0.717, 1.165) is 33.3 Å². The van der Waals surface area contributed by atoms with Crippen molar-refractivity contribution in [2.45, 2.75) is 0 Å². The van der Waals surface area contributed by atoms with Gasteiger partial charge in [0.05, 0.1) is 10.6 Å². The number of benzene rings is 2. The van der Waals surface area contributed by atoms with Gasteiger partial charge in [-0.25, -0.2) is 4.68 Å². The number of carbonyl (C=O) groups is 2. The Morgan fingerprint density at radius 1 is 1.16 bits per heavy atom. The number of rotatable bonds is 5. The molecule has 4 aromatic rings. The highest BCUT2D eigenvalue weighted by molar-refractivity contribution is 8.26. The number of hydrogen-bond acceptors (Lipinski definition) is 6. The summed E-state index contributed by atoms with van der Waals surface area (Å²) in [6.07, 6.45) is 3.48. The maximum absolute atomic E-state index is 12.8. The molecule has 1 aliphatic heterocycles. The van der Waals surface area contributed by atoms with Crippen LogP contribution in [0.4, 0.5) is 0 Å². The van der Waals surface area contributed by atoms with Crippen molar-refractivity contribution < 1.29 is 19.1 Å². The van der Waals surface area contributed by atoms with Crippen molar-refractivity contribution in [1.82, 2.24) is 14.7 Å². The van der Waals surface area contributed by atoms with Crippen molar-refractivity contribution in [3.8, 4) is 17.1 Å². The van der Waals surface area contributed by atoms with Crippen LogP contribution in [0, 0.1) is 0 Å². The van der Waals surface area contributed by atoms with Crippen molar-refractivity contribution in [2.24, 2.45) is 0 Å². The third-order valence-electron chi connectivity index (χ3n) is 4.88. The van der Waals surface area contributed by atoms with Gasteiger partial charge in [-0.05, 0) is 30.3 Å². The molecule has 5 rings (SSSR count). The molecule has 2 aromatic heterocycles. The molecule has 9 heteroatoms. The second-order valence-electron chi connectivity index (χ2n) is 7.02. The Kier molecular flexibility index (Phi) is 5.12. The average Bonchev–Trinajstić information content (AvgIpc) is 3.46. The number of fused-ring (bicyclic) bond motifs is 1. The minimum Gasteiger partial charge on any atom is -0.480 e. The molecule has 1 amide bonds. The first-order chi connectivity index (χ1) is 15.5. The van der Waals surface area contributed by atoms with Gasteiger partial charge in [-0.3, -0.25) is 14.5 Å². The van der Waals surface area contributed by atoms with Gasteiger partial charge in [-0.1, -0.05) is 60.4 Å². The van der Waals surface area contributed by atoms with Crippen molar-refractivity contribution in [1.29, 1.82) is 0 Å². The molecule has 0 unspecified atom stereocenters. The lowest BCUT2D eigenvalue weighted by Crippen LogP contribution is -2.33. The number of carboxylic acid groups (broad SMARTS) is 1. The van der Waals surface area contributed by atoms with E-state index in [0.29, 0.717) is 21.9 Å². The van der Waals surface area contributed by atoms with E-state index in [4.69, 9.17) is 26.8 Å². The van der Waals surface area contributed by atoms with Crippen LogP contribution in [-0.2, 0) is 9.59 Å². The molecule has 0 aliphatic carbocycles. The van der Waals surface area contributed by atoms with Gasteiger partial charge in [0.25, 0.3) is 5.91 Å². The minimum atomic E-state index is -1.12. The molecule has 0 radical (unpaired) electrons. The van der Waals surface area contributed by atoms with Gasteiger partial charge in [-0.15, -0.1) is 0 Å². The van der Waals surface area contributed by atoms with Crippen LogP contribution in [0.25, 0.3) is 34.2 Å². The molecular formula is C23H15N3O4S2. The number of hydrogen-bond donors (Lipinski definition) is 1. The lowest BCUT2D eigenvalue weighted by molar-refractivity contribution is -0.140. The summed E-state index contributed by atoms with van der Waals surface area (Å²) in [5.41, 5.74) is 2.80. The number of furan rings is 1. The predicted molar refractivity (Wildman–Crippen MR) is 126 cm³/mol. The quantitative estimate of drug-likeness (QED) is 0.344. The smallest absolute Gasteiger partial charge is 0.323 e. The molecule has 1 saturated heterocycles. The summed E-state index contributed by atoms with van der Waals surface area (Å²) in [5.74, 6) is -0.999. The summed E-state index contributed by atoms with van der Waals surface area (Å²) in [6.45, 7) is -0.471. The monoisotopic (exact) mass is 461 g/mol. The van der Waals surface area contributed by atoms with E-state index in [9.17, 15) is 9.59 Å². The van der Waals surface area contributed by atoms with Crippen LogP contribution in [-0.4, -0.2) is 42.5 Å². The van der Waals surface area contributed by atoms with E-state index in [1.807, 2.05) is 66.9 Å². The number of carbonyl (C=O) groups excluding carboxylic acids is 1. The molecular weight excluding hydrogens is 446 g/mol. The molecule has 2 aromatic carbocycles. The van der Waals surface area contributed by atoms with Crippen LogP contribution in [0.1, 0.15) is 5.56 Å². The van der Waals surface area contributed by atoms with Crippen molar-refractivity contribution in [3.63, 3.8) is 0 Å². The Morgan fingerprint density at radius 3 is 2.66 bits per heavy atom. The van der Waals surface area contributed by atoms with Crippen LogP contribution in [0.15, 0.2) is 76.2 Å². The summed E-state index contributed by atoms with van der Waals surface area (Å²) < 4.78 is 7.95. The number of nitrogens with zero attached hydrogens (tertiary/aromatic N) is 3. The molecule has 32 heavy (non-hydrogen) atoms. The lowest BCUT2D eigenvalue weighted by Gasteiger charge is -2.10. The Labute approximate surface area is 191 Å². The molecule has 3 heterocycles. The highest BCUT2D eigenvalue weighted by atomic mass is 32.2. The zero-order valence-electron chi connectivity index (χ0n) is 16.5. The van der Waals surface area contributed by atoms with E-state index in [1.165, 1.54) is 0 Å². The van der Waals surface area contributed by atoms with Crippen LogP contribution in [0.3, 0.4) is 0 Å². The van der Waals surface area contributed by atoms with Gasteiger partial charge in [-0.2, -0.15) is 5.10 Å². The van der Waals surface area contributed by atoms with E-state index in [1.54, 1.807) is 10.8 Å². The molecule has 158 valence electrons. The first kappa shape index (κ1) is 20.2. The van der Waals surface area contributed by atoms with E-state index < -0.39 is 18.4 Å². The second kappa shape index (κ2) is 8.10. The fraction of sp³-hybridized carbons (Fsp3) is 0.0435. The van der Waals surface area contributed by atoms with Crippen LogP contribution in [0.5, 0.6) is 0 Å². The maximum atomic E-state index is 12.8. The first-order valence-corrected chi connectivity index (χ1v) is 10.8. The zero-order chi connectivity index (χ0) is 22.2. The number of aliphatic carboxylic acids is 1. The Hall–Kier alpha value is -3.69. The number of thiocarbonyl (C=S) groups is 1. The standard InChI is InChI=1S/C23H15N3O4S2/c27-20(28)13-25-22(29)19(32-23(25)31)11-15-12-26(16-7-2-1-3-8-16)24-21(15)18-10-14-6-4-5-9-17(14)30-18/h1-12H,13H2,(H,27,28)/b19-11+. The first-order valence-electron chi connectivity index (χ1n) is 9.61. The molecule has 7 nitrogen and oxygen atoms in total. The third kappa shape index (κ3) is 3.72. The molecule has 1 fully saturated rings. The molecule has 0 bridgehead atoms. The zero-order valence-corrected chi connectivity index (χ0v) is 18.1. The molecule has 0 saturated carbocycles. The summed E-state index contributed by atoms with van der Waals surface area (Å²) in [7, 11) is 0. The van der Waals surface area contributed by atoms with Crippen molar-refractivity contribution in [2.75, 3.05) is 6.54 Å². The molecule has 0 spiro atoms. The summed E-state index contributed by atoms with van der Waals surface area (Å²) in [5, 5.41) is 14.7. The largest absolute Gasteiger partial charge is 0.480 e. The Bertz CT molecular complexity index is 1370. The van der Waals surface area contributed by atoms with Crippen LogP contribution >= 0.6 is 24.0 Å². The fourth-order valence-electron chi connectivity index (χ4n) is 3.41. The highest BCUT2D eigenvalue weighted by Crippen LogP contribution is 2.36. The summed E-state index contributed by atoms with van der Waals surface area (Å²) in [4.78, 5) is 25.3.